The van der Waals surface area contributed by atoms with Crippen LogP contribution in [0.1, 0.15) is 17.4 Å². The zero-order valence-electron chi connectivity index (χ0n) is 9.33. The Labute approximate surface area is 98.3 Å². The van der Waals surface area contributed by atoms with E-state index < -0.39 is 5.97 Å². The molecule has 17 heavy (non-hydrogen) atoms. The molecule has 1 N–H and O–H groups in total. The summed E-state index contributed by atoms with van der Waals surface area (Å²) >= 11 is 0. The number of phenols is 1. The summed E-state index contributed by atoms with van der Waals surface area (Å²) in [6.07, 6.45) is 3.06. The molecule has 0 saturated heterocycles. The number of hydrogen-bond donors (Lipinski definition) is 1. The Morgan fingerprint density at radius 3 is 3.06 bits per heavy atom. The molecule has 0 bridgehead atoms. The number of carbonyl (C=O) groups is 1. The molecule has 0 saturated carbocycles. The molecule has 0 fully saturated rings. The summed E-state index contributed by atoms with van der Waals surface area (Å²) in [5.74, 6) is -0.291. The first-order valence-corrected chi connectivity index (χ1v) is 5.21. The summed E-state index contributed by atoms with van der Waals surface area (Å²) in [5, 5.41) is 9.35. The molecule has 0 unspecified atom stereocenters. The SMILES string of the molecule is CCOC(=O)c1cn(-c2cccc(O)c2)cn1. The predicted molar refractivity (Wildman–Crippen MR) is 61.2 cm³/mol. The highest BCUT2D eigenvalue weighted by Crippen LogP contribution is 2.15. The predicted octanol–water partition coefficient (Wildman–Crippen LogP) is 1.75. The Kier molecular flexibility index (Phi) is 3.09. The van der Waals surface area contributed by atoms with Gasteiger partial charge in [0.05, 0.1) is 12.3 Å². The number of rotatable bonds is 3. The van der Waals surface area contributed by atoms with E-state index in [1.807, 2.05) is 0 Å². The summed E-state index contributed by atoms with van der Waals surface area (Å²) < 4.78 is 6.48. The molecule has 0 aliphatic heterocycles. The lowest BCUT2D eigenvalue weighted by Crippen LogP contribution is -2.04. The third-order valence-electron chi connectivity index (χ3n) is 2.20. The first-order chi connectivity index (χ1) is 8.20. The molecule has 1 aromatic carbocycles. The van der Waals surface area contributed by atoms with Crippen molar-refractivity contribution < 1.29 is 14.6 Å². The highest BCUT2D eigenvalue weighted by Gasteiger charge is 2.10. The third kappa shape index (κ3) is 2.44. The second-order valence-corrected chi connectivity index (χ2v) is 3.41. The summed E-state index contributed by atoms with van der Waals surface area (Å²) in [5.41, 5.74) is 0.975. The van der Waals surface area contributed by atoms with E-state index in [0.29, 0.717) is 6.61 Å². The van der Waals surface area contributed by atoms with Gasteiger partial charge in [-0.1, -0.05) is 6.07 Å². The zero-order valence-corrected chi connectivity index (χ0v) is 9.33. The lowest BCUT2D eigenvalue weighted by Gasteiger charge is -2.01. The molecule has 0 atom stereocenters. The van der Waals surface area contributed by atoms with Crippen LogP contribution in [0.3, 0.4) is 0 Å². The number of hydrogen-bond acceptors (Lipinski definition) is 4. The van der Waals surface area contributed by atoms with Crippen LogP contribution in [0, 0.1) is 0 Å². The van der Waals surface area contributed by atoms with Crippen molar-refractivity contribution >= 4 is 5.97 Å². The van der Waals surface area contributed by atoms with Crippen molar-refractivity contribution in [2.45, 2.75) is 6.92 Å². The molecule has 2 rings (SSSR count). The van der Waals surface area contributed by atoms with Crippen LogP contribution in [-0.2, 0) is 4.74 Å². The van der Waals surface area contributed by atoms with E-state index in [9.17, 15) is 9.90 Å². The zero-order chi connectivity index (χ0) is 12.3. The molecule has 0 spiro atoms. The molecular weight excluding hydrogens is 220 g/mol. The number of phenolic OH excluding ortho intramolecular Hbond substituents is 1. The normalized spacial score (nSPS) is 10.2. The monoisotopic (exact) mass is 232 g/mol. The number of aromatic hydroxyl groups is 1. The lowest BCUT2D eigenvalue weighted by atomic mass is 10.3. The molecule has 88 valence electrons. The van der Waals surface area contributed by atoms with Crippen molar-refractivity contribution in [3.05, 3.63) is 42.5 Å². The van der Waals surface area contributed by atoms with Crippen LogP contribution in [0.4, 0.5) is 0 Å². The highest BCUT2D eigenvalue weighted by atomic mass is 16.5. The maximum Gasteiger partial charge on any atom is 0.358 e. The van der Waals surface area contributed by atoms with Gasteiger partial charge in [0, 0.05) is 12.3 Å². The van der Waals surface area contributed by atoms with Crippen molar-refractivity contribution in [1.29, 1.82) is 0 Å². The Balaban J connectivity index is 2.27. The summed E-state index contributed by atoms with van der Waals surface area (Å²) in [6, 6.07) is 6.67. The van der Waals surface area contributed by atoms with Gasteiger partial charge in [0.2, 0.25) is 0 Å². The fraction of sp³-hybridized carbons (Fsp3) is 0.167. The van der Waals surface area contributed by atoms with Crippen LogP contribution < -0.4 is 0 Å². The number of benzene rings is 1. The maximum atomic E-state index is 11.4. The first-order valence-electron chi connectivity index (χ1n) is 5.21. The van der Waals surface area contributed by atoms with E-state index in [-0.39, 0.29) is 11.4 Å². The van der Waals surface area contributed by atoms with E-state index in [4.69, 9.17) is 4.74 Å². The second-order valence-electron chi connectivity index (χ2n) is 3.41. The summed E-state index contributed by atoms with van der Waals surface area (Å²) in [4.78, 5) is 15.4. The Morgan fingerprint density at radius 2 is 2.35 bits per heavy atom. The molecule has 0 radical (unpaired) electrons. The van der Waals surface area contributed by atoms with E-state index in [0.717, 1.165) is 5.69 Å². The van der Waals surface area contributed by atoms with Crippen LogP contribution in [-0.4, -0.2) is 27.2 Å². The minimum absolute atomic E-state index is 0.161. The molecule has 0 aliphatic rings. The van der Waals surface area contributed by atoms with Crippen molar-refractivity contribution in [3.63, 3.8) is 0 Å². The molecule has 1 aromatic heterocycles. The minimum Gasteiger partial charge on any atom is -0.508 e. The van der Waals surface area contributed by atoms with Crippen LogP contribution in [0.25, 0.3) is 5.69 Å². The van der Waals surface area contributed by atoms with Gasteiger partial charge in [-0.3, -0.25) is 0 Å². The Bertz CT molecular complexity index is 534. The second kappa shape index (κ2) is 4.69. The number of imidazole rings is 1. The van der Waals surface area contributed by atoms with Crippen molar-refractivity contribution in [3.8, 4) is 11.4 Å². The summed E-state index contributed by atoms with van der Waals surface area (Å²) in [7, 11) is 0. The molecule has 0 amide bonds. The fourth-order valence-electron chi connectivity index (χ4n) is 1.43. The molecule has 1 heterocycles. The summed E-state index contributed by atoms with van der Waals surface area (Å²) in [6.45, 7) is 2.06. The van der Waals surface area contributed by atoms with E-state index in [1.54, 1.807) is 42.0 Å². The maximum absolute atomic E-state index is 11.4. The van der Waals surface area contributed by atoms with Crippen molar-refractivity contribution in [2.75, 3.05) is 6.61 Å². The van der Waals surface area contributed by atoms with Crippen molar-refractivity contribution in [2.24, 2.45) is 0 Å². The topological polar surface area (TPSA) is 64.3 Å². The number of esters is 1. The number of carbonyl (C=O) groups excluding carboxylic acids is 1. The van der Waals surface area contributed by atoms with E-state index in [2.05, 4.69) is 4.98 Å². The number of nitrogens with zero attached hydrogens (tertiary/aromatic N) is 2. The van der Waals surface area contributed by atoms with Crippen LogP contribution in [0.2, 0.25) is 0 Å². The third-order valence-corrected chi connectivity index (χ3v) is 2.20. The standard InChI is InChI=1S/C12H12N2O3/c1-2-17-12(16)11-7-14(8-13-11)9-4-3-5-10(15)6-9/h3-8,15H,2H2,1H3. The Hall–Kier alpha value is -2.30. The minimum atomic E-state index is -0.452. The van der Waals surface area contributed by atoms with E-state index >= 15 is 0 Å². The van der Waals surface area contributed by atoms with Crippen molar-refractivity contribution in [1.82, 2.24) is 9.55 Å². The van der Waals surface area contributed by atoms with Gasteiger partial charge in [0.25, 0.3) is 0 Å². The number of ether oxygens (including phenoxy) is 1. The fourth-order valence-corrected chi connectivity index (χ4v) is 1.43. The smallest absolute Gasteiger partial charge is 0.358 e. The van der Waals surface area contributed by atoms with Crippen LogP contribution in [0.15, 0.2) is 36.8 Å². The number of aromatic nitrogens is 2. The highest BCUT2D eigenvalue weighted by molar-refractivity contribution is 5.87. The van der Waals surface area contributed by atoms with Gasteiger partial charge in [-0.15, -0.1) is 0 Å². The first kappa shape index (κ1) is 11.2. The van der Waals surface area contributed by atoms with Gasteiger partial charge in [-0.25, -0.2) is 9.78 Å². The molecular formula is C12H12N2O3. The van der Waals surface area contributed by atoms with E-state index in [1.165, 1.54) is 6.33 Å². The average molecular weight is 232 g/mol. The average Bonchev–Trinajstić information content (AvgIpc) is 2.78. The molecule has 0 aliphatic carbocycles. The lowest BCUT2D eigenvalue weighted by molar-refractivity contribution is 0.0520. The van der Waals surface area contributed by atoms with Gasteiger partial charge >= 0.3 is 5.97 Å². The molecule has 2 aromatic rings. The van der Waals surface area contributed by atoms with Gasteiger partial charge in [-0.2, -0.15) is 0 Å². The molecule has 5 nitrogen and oxygen atoms in total. The molecule has 5 heteroatoms. The Morgan fingerprint density at radius 1 is 1.53 bits per heavy atom. The quantitative estimate of drug-likeness (QED) is 0.819. The van der Waals surface area contributed by atoms with Crippen LogP contribution >= 0.6 is 0 Å². The van der Waals surface area contributed by atoms with Gasteiger partial charge in [-0.05, 0) is 19.1 Å². The van der Waals surface area contributed by atoms with Gasteiger partial charge in [0.15, 0.2) is 5.69 Å². The van der Waals surface area contributed by atoms with Gasteiger partial charge < -0.3 is 14.4 Å². The largest absolute Gasteiger partial charge is 0.508 e. The van der Waals surface area contributed by atoms with Gasteiger partial charge in [0.1, 0.15) is 12.1 Å². The van der Waals surface area contributed by atoms with Crippen LogP contribution in [0.5, 0.6) is 5.75 Å².